The minimum Gasteiger partial charge on any atom is -0.492 e. The number of nitrogens with zero attached hydrogens (tertiary/aromatic N) is 1. The van der Waals surface area contributed by atoms with Gasteiger partial charge in [0.05, 0.1) is 6.54 Å². The van der Waals surface area contributed by atoms with Crippen LogP contribution in [0.25, 0.3) is 0 Å². The first kappa shape index (κ1) is 22.2. The van der Waals surface area contributed by atoms with Crippen LogP contribution in [0.1, 0.15) is 31.1 Å². The van der Waals surface area contributed by atoms with Crippen LogP contribution in [0.5, 0.6) is 5.75 Å². The second-order valence-corrected chi connectivity index (χ2v) is 7.93. The van der Waals surface area contributed by atoms with E-state index in [1.807, 2.05) is 19.0 Å². The summed E-state index contributed by atoms with van der Waals surface area (Å²) in [6.45, 7) is 7.29. The third-order valence-electron chi connectivity index (χ3n) is 3.02. The molecule has 1 aromatic carbocycles. The number of rotatable bonds is 8. The Kier molecular flexibility index (Phi) is 8.87. The fourth-order valence-corrected chi connectivity index (χ4v) is 2.38. The average molecular weight is 430 g/mol. The van der Waals surface area contributed by atoms with Crippen molar-refractivity contribution in [3.05, 3.63) is 28.2 Å². The van der Waals surface area contributed by atoms with Crippen LogP contribution in [0.3, 0.4) is 0 Å². The number of nitrogens with one attached hydrogen (secondary N) is 2. The van der Waals surface area contributed by atoms with E-state index in [4.69, 9.17) is 9.47 Å². The maximum Gasteiger partial charge on any atom is 0.407 e. The summed E-state index contributed by atoms with van der Waals surface area (Å²) in [5.41, 5.74) is -0.0300. The fourth-order valence-electron chi connectivity index (χ4n) is 1.91. The van der Waals surface area contributed by atoms with Gasteiger partial charge in [-0.1, -0.05) is 15.9 Å². The van der Waals surface area contributed by atoms with E-state index in [0.717, 1.165) is 11.0 Å². The van der Waals surface area contributed by atoms with Crippen molar-refractivity contribution in [2.45, 2.75) is 26.4 Å². The molecule has 0 atom stereocenters. The molecule has 26 heavy (non-hydrogen) atoms. The zero-order chi connectivity index (χ0) is 19.7. The summed E-state index contributed by atoms with van der Waals surface area (Å²) in [7, 11) is 3.89. The Bertz CT molecular complexity index is 615. The maximum absolute atomic E-state index is 12.2. The fraction of sp³-hybridized carbons (Fsp3) is 0.556. The van der Waals surface area contributed by atoms with Gasteiger partial charge < -0.3 is 25.0 Å². The Morgan fingerprint density at radius 3 is 2.42 bits per heavy atom. The van der Waals surface area contributed by atoms with E-state index >= 15 is 0 Å². The van der Waals surface area contributed by atoms with Gasteiger partial charge in [0.25, 0.3) is 5.91 Å². The molecule has 0 aliphatic rings. The number of hydrogen-bond donors (Lipinski definition) is 2. The normalized spacial score (nSPS) is 11.2. The van der Waals surface area contributed by atoms with Crippen LogP contribution in [-0.4, -0.2) is 62.8 Å². The molecule has 7 nitrogen and oxygen atoms in total. The van der Waals surface area contributed by atoms with Crippen LogP contribution in [0, 0.1) is 0 Å². The molecule has 0 unspecified atom stereocenters. The molecule has 2 N–H and O–H groups in total. The summed E-state index contributed by atoms with van der Waals surface area (Å²) in [6.07, 6.45) is -0.490. The van der Waals surface area contributed by atoms with Crippen molar-refractivity contribution in [1.82, 2.24) is 15.5 Å². The monoisotopic (exact) mass is 429 g/mol. The quantitative estimate of drug-likeness (QED) is 0.620. The number of hydrogen-bond acceptors (Lipinski definition) is 5. The third kappa shape index (κ3) is 9.62. The van der Waals surface area contributed by atoms with Gasteiger partial charge in [0, 0.05) is 23.1 Å². The summed E-state index contributed by atoms with van der Waals surface area (Å²) < 4.78 is 11.5. The molecule has 0 aliphatic heterocycles. The van der Waals surface area contributed by atoms with Gasteiger partial charge in [-0.2, -0.15) is 0 Å². The Hall–Kier alpha value is -1.80. The second kappa shape index (κ2) is 10.4. The lowest BCUT2D eigenvalue weighted by atomic mass is 10.2. The molecule has 0 radical (unpaired) electrons. The van der Waals surface area contributed by atoms with Crippen molar-refractivity contribution in [3.63, 3.8) is 0 Å². The van der Waals surface area contributed by atoms with Crippen LogP contribution in [-0.2, 0) is 4.74 Å². The van der Waals surface area contributed by atoms with Crippen molar-refractivity contribution < 1.29 is 19.1 Å². The molecule has 0 bridgehead atoms. The smallest absolute Gasteiger partial charge is 0.407 e. The number of carbonyl (C=O) groups excluding carboxylic acids is 2. The van der Waals surface area contributed by atoms with E-state index in [1.54, 1.807) is 39.0 Å². The lowest BCUT2D eigenvalue weighted by Crippen LogP contribution is -2.34. The number of benzene rings is 1. The molecular weight excluding hydrogens is 402 g/mol. The molecule has 0 heterocycles. The number of likely N-dealkylation sites (N-methyl/N-ethyl adjacent to an activating group) is 1. The van der Waals surface area contributed by atoms with E-state index in [9.17, 15) is 9.59 Å². The first-order valence-corrected chi connectivity index (χ1v) is 9.19. The van der Waals surface area contributed by atoms with Gasteiger partial charge in [-0.3, -0.25) is 4.79 Å². The Morgan fingerprint density at radius 1 is 1.12 bits per heavy atom. The molecule has 0 saturated carbocycles. The predicted molar refractivity (Wildman–Crippen MR) is 105 cm³/mol. The minimum absolute atomic E-state index is 0.162. The van der Waals surface area contributed by atoms with E-state index in [0.29, 0.717) is 24.4 Å². The summed E-state index contributed by atoms with van der Waals surface area (Å²) in [5.74, 6) is 0.382. The van der Waals surface area contributed by atoms with Crippen molar-refractivity contribution in [2.24, 2.45) is 0 Å². The van der Waals surface area contributed by atoms with Crippen LogP contribution >= 0.6 is 15.9 Å². The standard InChI is InChI=1S/C18H28BrN3O4/c1-18(2,3)26-17(24)21-7-9-25-15-11-13(10-14(19)12-15)16(23)20-6-8-22(4)5/h10-12H,6-9H2,1-5H3,(H,20,23)(H,21,24). The second-order valence-electron chi connectivity index (χ2n) is 7.01. The number of alkyl carbamates (subject to hydrolysis) is 1. The zero-order valence-electron chi connectivity index (χ0n) is 16.0. The SMILES string of the molecule is CN(C)CCNC(=O)c1cc(Br)cc(OCCNC(=O)OC(C)(C)C)c1. The molecule has 1 rings (SSSR count). The van der Waals surface area contributed by atoms with E-state index in [-0.39, 0.29) is 12.5 Å². The highest BCUT2D eigenvalue weighted by Crippen LogP contribution is 2.21. The summed E-state index contributed by atoms with van der Waals surface area (Å²) in [5, 5.41) is 5.48. The highest BCUT2D eigenvalue weighted by Gasteiger charge is 2.15. The molecular formula is C18H28BrN3O4. The number of carbonyl (C=O) groups is 2. The zero-order valence-corrected chi connectivity index (χ0v) is 17.6. The van der Waals surface area contributed by atoms with E-state index < -0.39 is 11.7 Å². The van der Waals surface area contributed by atoms with E-state index in [2.05, 4.69) is 26.6 Å². The Labute approximate surface area is 163 Å². The Morgan fingerprint density at radius 2 is 1.81 bits per heavy atom. The molecule has 146 valence electrons. The first-order valence-electron chi connectivity index (χ1n) is 8.40. The minimum atomic E-state index is -0.538. The molecule has 0 aliphatic carbocycles. The van der Waals surface area contributed by atoms with Gasteiger partial charge in [0.2, 0.25) is 0 Å². The maximum atomic E-state index is 12.2. The molecule has 0 fully saturated rings. The predicted octanol–water partition coefficient (Wildman–Crippen LogP) is 2.64. The van der Waals surface area contributed by atoms with Gasteiger partial charge in [0.15, 0.2) is 0 Å². The molecule has 0 spiro atoms. The van der Waals surface area contributed by atoms with Crippen LogP contribution in [0.2, 0.25) is 0 Å². The van der Waals surface area contributed by atoms with Gasteiger partial charge in [-0.25, -0.2) is 4.79 Å². The van der Waals surface area contributed by atoms with Gasteiger partial charge >= 0.3 is 6.09 Å². The van der Waals surface area contributed by atoms with Crippen LogP contribution < -0.4 is 15.4 Å². The summed E-state index contributed by atoms with van der Waals surface area (Å²) >= 11 is 3.38. The highest BCUT2D eigenvalue weighted by atomic mass is 79.9. The van der Waals surface area contributed by atoms with Crippen LogP contribution in [0.15, 0.2) is 22.7 Å². The lowest BCUT2D eigenvalue weighted by Gasteiger charge is -2.19. The van der Waals surface area contributed by atoms with E-state index in [1.165, 1.54) is 0 Å². The number of ether oxygens (including phenoxy) is 2. The van der Waals surface area contributed by atoms with Crippen molar-refractivity contribution in [1.29, 1.82) is 0 Å². The average Bonchev–Trinajstić information content (AvgIpc) is 2.49. The molecule has 0 aromatic heterocycles. The van der Waals surface area contributed by atoms with Crippen molar-refractivity contribution in [3.8, 4) is 5.75 Å². The largest absolute Gasteiger partial charge is 0.492 e. The highest BCUT2D eigenvalue weighted by molar-refractivity contribution is 9.10. The summed E-state index contributed by atoms with van der Waals surface area (Å²) in [6, 6.07) is 5.17. The Balaban J connectivity index is 2.49. The summed E-state index contributed by atoms with van der Waals surface area (Å²) in [4.78, 5) is 25.8. The lowest BCUT2D eigenvalue weighted by molar-refractivity contribution is 0.0520. The number of halogens is 1. The number of amides is 2. The molecule has 2 amide bonds. The first-order chi connectivity index (χ1) is 12.1. The van der Waals surface area contributed by atoms with Gasteiger partial charge in [0.1, 0.15) is 18.0 Å². The molecule has 0 saturated heterocycles. The van der Waals surface area contributed by atoms with Crippen LogP contribution in [0.4, 0.5) is 4.79 Å². The van der Waals surface area contributed by atoms with Crippen molar-refractivity contribution >= 4 is 27.9 Å². The van der Waals surface area contributed by atoms with Gasteiger partial charge in [-0.05, 0) is 53.1 Å². The third-order valence-corrected chi connectivity index (χ3v) is 3.47. The van der Waals surface area contributed by atoms with Crippen molar-refractivity contribution in [2.75, 3.05) is 40.3 Å². The molecule has 1 aromatic rings. The van der Waals surface area contributed by atoms with Gasteiger partial charge in [-0.15, -0.1) is 0 Å². The molecule has 8 heteroatoms. The topological polar surface area (TPSA) is 79.9 Å².